The van der Waals surface area contributed by atoms with E-state index in [1.165, 1.54) is 0 Å². The molecule has 0 radical (unpaired) electrons. The number of hydrogen-bond acceptors (Lipinski definition) is 0. The zero-order chi connectivity index (χ0) is 8.65. The van der Waals surface area contributed by atoms with Gasteiger partial charge in [-0.1, -0.05) is 13.8 Å². The van der Waals surface area contributed by atoms with E-state index < -0.39 is 12.6 Å². The summed E-state index contributed by atoms with van der Waals surface area (Å²) in [6.07, 6.45) is -3.79. The molecule has 1 aliphatic carbocycles. The van der Waals surface area contributed by atoms with Crippen LogP contribution in [0.25, 0.3) is 0 Å². The Hall–Kier alpha value is -0.210. The summed E-state index contributed by atoms with van der Waals surface area (Å²) >= 11 is 0. The topological polar surface area (TPSA) is 0 Å². The summed E-state index contributed by atoms with van der Waals surface area (Å²) in [5.41, 5.74) is 0. The van der Waals surface area contributed by atoms with Crippen LogP contribution in [-0.2, 0) is 0 Å². The smallest absolute Gasteiger partial charge is 0.171 e. The third-order valence-electron chi connectivity index (χ3n) is 2.81. The predicted octanol–water partition coefficient (Wildman–Crippen LogP) is 3.23. The van der Waals surface area contributed by atoms with E-state index in [9.17, 15) is 13.2 Å². The number of halogens is 3. The molecular formula is C8H13F3. The summed E-state index contributed by atoms with van der Waals surface area (Å²) in [5, 5.41) is 0. The standard InChI is InChI=1S/C8H13F3/c1-5-3-7(6(5)2)4-8(9,10)11/h5-7H,3-4H2,1-2H3. The largest absolute Gasteiger partial charge is 0.389 e. The summed E-state index contributed by atoms with van der Waals surface area (Å²) in [7, 11) is 0. The second-order valence-corrected chi connectivity index (χ2v) is 3.65. The third-order valence-corrected chi connectivity index (χ3v) is 2.81. The number of rotatable bonds is 1. The van der Waals surface area contributed by atoms with Crippen LogP contribution in [0.1, 0.15) is 26.7 Å². The molecule has 0 aromatic rings. The van der Waals surface area contributed by atoms with Crippen molar-refractivity contribution < 1.29 is 13.2 Å². The first-order valence-electron chi connectivity index (χ1n) is 3.97. The predicted molar refractivity (Wildman–Crippen MR) is 37.1 cm³/mol. The van der Waals surface area contributed by atoms with Gasteiger partial charge in [0, 0.05) is 6.42 Å². The van der Waals surface area contributed by atoms with E-state index >= 15 is 0 Å². The molecule has 0 aromatic heterocycles. The van der Waals surface area contributed by atoms with E-state index in [1.54, 1.807) is 0 Å². The fraction of sp³-hybridized carbons (Fsp3) is 1.00. The zero-order valence-corrected chi connectivity index (χ0v) is 6.78. The average molecular weight is 166 g/mol. The van der Waals surface area contributed by atoms with Crippen molar-refractivity contribution in [2.75, 3.05) is 0 Å². The highest BCUT2D eigenvalue weighted by Crippen LogP contribution is 2.45. The maximum Gasteiger partial charge on any atom is 0.389 e. The van der Waals surface area contributed by atoms with Gasteiger partial charge in [-0.2, -0.15) is 13.2 Å². The summed E-state index contributed by atoms with van der Waals surface area (Å²) in [6, 6.07) is 0. The van der Waals surface area contributed by atoms with Crippen LogP contribution in [0.5, 0.6) is 0 Å². The van der Waals surface area contributed by atoms with Crippen molar-refractivity contribution in [1.82, 2.24) is 0 Å². The van der Waals surface area contributed by atoms with E-state index in [4.69, 9.17) is 0 Å². The van der Waals surface area contributed by atoms with Gasteiger partial charge in [0.15, 0.2) is 0 Å². The third kappa shape index (κ3) is 2.11. The molecule has 1 aliphatic rings. The lowest BCUT2D eigenvalue weighted by Gasteiger charge is -2.41. The molecule has 0 amide bonds. The van der Waals surface area contributed by atoms with Gasteiger partial charge in [-0.15, -0.1) is 0 Å². The summed E-state index contributed by atoms with van der Waals surface area (Å²) in [6.45, 7) is 3.92. The SMILES string of the molecule is CC1CC(CC(F)(F)F)C1C. The van der Waals surface area contributed by atoms with Crippen molar-refractivity contribution in [3.8, 4) is 0 Å². The van der Waals surface area contributed by atoms with Crippen molar-refractivity contribution in [2.24, 2.45) is 17.8 Å². The van der Waals surface area contributed by atoms with Gasteiger partial charge in [-0.25, -0.2) is 0 Å². The van der Waals surface area contributed by atoms with Crippen LogP contribution >= 0.6 is 0 Å². The zero-order valence-electron chi connectivity index (χ0n) is 6.78. The van der Waals surface area contributed by atoms with Gasteiger partial charge in [0.2, 0.25) is 0 Å². The Balaban J connectivity index is 2.31. The second-order valence-electron chi connectivity index (χ2n) is 3.65. The van der Waals surface area contributed by atoms with Gasteiger partial charge < -0.3 is 0 Å². The molecule has 3 unspecified atom stereocenters. The monoisotopic (exact) mass is 166 g/mol. The Morgan fingerprint density at radius 2 is 1.82 bits per heavy atom. The molecule has 0 saturated heterocycles. The summed E-state index contributed by atoms with van der Waals surface area (Å²) < 4.78 is 35.5. The molecule has 66 valence electrons. The molecule has 0 N–H and O–H groups in total. The van der Waals surface area contributed by atoms with Crippen LogP contribution in [0.15, 0.2) is 0 Å². The fourth-order valence-corrected chi connectivity index (χ4v) is 1.74. The van der Waals surface area contributed by atoms with Crippen LogP contribution in [0.4, 0.5) is 13.2 Å². The molecule has 3 heteroatoms. The first-order chi connectivity index (χ1) is 4.90. The van der Waals surface area contributed by atoms with Crippen molar-refractivity contribution in [3.05, 3.63) is 0 Å². The highest BCUT2D eigenvalue weighted by molar-refractivity contribution is 4.84. The van der Waals surface area contributed by atoms with Gasteiger partial charge >= 0.3 is 6.18 Å². The van der Waals surface area contributed by atoms with Gasteiger partial charge in [0.1, 0.15) is 0 Å². The summed E-state index contributed by atoms with van der Waals surface area (Å²) in [5.74, 6) is 0.643. The first-order valence-corrected chi connectivity index (χ1v) is 3.97. The minimum Gasteiger partial charge on any atom is -0.171 e. The lowest BCUT2D eigenvalue weighted by Crippen LogP contribution is -2.35. The molecular weight excluding hydrogens is 153 g/mol. The van der Waals surface area contributed by atoms with Crippen molar-refractivity contribution in [2.45, 2.75) is 32.9 Å². The first kappa shape index (κ1) is 8.88. The van der Waals surface area contributed by atoms with E-state index in [0.29, 0.717) is 5.92 Å². The van der Waals surface area contributed by atoms with Crippen molar-refractivity contribution in [1.29, 1.82) is 0 Å². The summed E-state index contributed by atoms with van der Waals surface area (Å²) in [4.78, 5) is 0. The van der Waals surface area contributed by atoms with Crippen LogP contribution in [0.2, 0.25) is 0 Å². The van der Waals surface area contributed by atoms with Gasteiger partial charge in [0.25, 0.3) is 0 Å². The van der Waals surface area contributed by atoms with Gasteiger partial charge in [0.05, 0.1) is 0 Å². The second kappa shape index (κ2) is 2.68. The van der Waals surface area contributed by atoms with Crippen LogP contribution < -0.4 is 0 Å². The Bertz CT molecular complexity index is 139. The molecule has 1 fully saturated rings. The normalized spacial score (nSPS) is 38.5. The number of alkyl halides is 3. The molecule has 0 aliphatic heterocycles. The molecule has 0 aromatic carbocycles. The Morgan fingerprint density at radius 1 is 1.27 bits per heavy atom. The highest BCUT2D eigenvalue weighted by atomic mass is 19.4. The van der Waals surface area contributed by atoms with Crippen LogP contribution in [0, 0.1) is 17.8 Å². The van der Waals surface area contributed by atoms with E-state index in [2.05, 4.69) is 0 Å². The van der Waals surface area contributed by atoms with Crippen molar-refractivity contribution >= 4 is 0 Å². The van der Waals surface area contributed by atoms with Crippen LogP contribution in [-0.4, -0.2) is 6.18 Å². The van der Waals surface area contributed by atoms with E-state index in [-0.39, 0.29) is 11.8 Å². The molecule has 0 spiro atoms. The molecule has 3 atom stereocenters. The minimum absolute atomic E-state index is 0.106. The number of hydrogen-bond donors (Lipinski definition) is 0. The molecule has 1 saturated carbocycles. The highest BCUT2D eigenvalue weighted by Gasteiger charge is 2.41. The lowest BCUT2D eigenvalue weighted by atomic mass is 9.65. The Kier molecular flexibility index (Phi) is 2.17. The lowest BCUT2D eigenvalue weighted by molar-refractivity contribution is -0.160. The van der Waals surface area contributed by atoms with Gasteiger partial charge in [-0.3, -0.25) is 0 Å². The maximum atomic E-state index is 11.8. The maximum absolute atomic E-state index is 11.8. The Morgan fingerprint density at radius 3 is 2.09 bits per heavy atom. The molecule has 1 rings (SSSR count). The van der Waals surface area contributed by atoms with Crippen molar-refractivity contribution in [3.63, 3.8) is 0 Å². The average Bonchev–Trinajstić information content (AvgIpc) is 1.84. The Labute approximate surface area is 64.8 Å². The molecule has 0 nitrogen and oxygen atoms in total. The fourth-order valence-electron chi connectivity index (χ4n) is 1.74. The van der Waals surface area contributed by atoms with Gasteiger partial charge in [-0.05, 0) is 24.2 Å². The van der Waals surface area contributed by atoms with E-state index in [0.717, 1.165) is 6.42 Å². The molecule has 11 heavy (non-hydrogen) atoms. The quantitative estimate of drug-likeness (QED) is 0.561. The minimum atomic E-state index is -3.96. The van der Waals surface area contributed by atoms with Crippen LogP contribution in [0.3, 0.4) is 0 Å². The molecule has 0 bridgehead atoms. The van der Waals surface area contributed by atoms with E-state index in [1.807, 2.05) is 13.8 Å². The molecule has 0 heterocycles.